The predicted octanol–water partition coefficient (Wildman–Crippen LogP) is 3.12. The van der Waals surface area contributed by atoms with Gasteiger partial charge in [-0.2, -0.15) is 0 Å². The first-order valence-electron chi connectivity index (χ1n) is 7.08. The number of aryl methyl sites for hydroxylation is 1. The molecule has 1 aliphatic rings. The number of hydrogen-bond acceptors (Lipinski definition) is 2. The monoisotopic (exact) mass is 247 g/mol. The second kappa shape index (κ2) is 6.35. The molecule has 0 N–H and O–H groups in total. The molecule has 18 heavy (non-hydrogen) atoms. The van der Waals surface area contributed by atoms with E-state index in [9.17, 15) is 0 Å². The molecule has 1 saturated heterocycles. The Bertz CT molecular complexity index is 341. The summed E-state index contributed by atoms with van der Waals surface area (Å²) in [4.78, 5) is 2.57. The van der Waals surface area contributed by atoms with Crippen LogP contribution in [0, 0.1) is 0 Å². The molecule has 0 radical (unpaired) electrons. The lowest BCUT2D eigenvalue weighted by Crippen LogP contribution is -2.49. The van der Waals surface area contributed by atoms with E-state index in [1.54, 1.807) is 0 Å². The number of hydrogen-bond donors (Lipinski definition) is 0. The fourth-order valence-electron chi connectivity index (χ4n) is 2.78. The first-order valence-corrected chi connectivity index (χ1v) is 7.08. The number of morpholine rings is 1. The van der Waals surface area contributed by atoms with E-state index in [-0.39, 0.29) is 0 Å². The van der Waals surface area contributed by atoms with Gasteiger partial charge in [0.2, 0.25) is 0 Å². The highest BCUT2D eigenvalue weighted by Crippen LogP contribution is 2.16. The summed E-state index contributed by atoms with van der Waals surface area (Å²) in [5.74, 6) is 0. The fraction of sp³-hybridized carbons (Fsp3) is 0.625. The number of rotatable bonds is 4. The second-order valence-corrected chi connectivity index (χ2v) is 5.58. The second-order valence-electron chi connectivity index (χ2n) is 5.58. The van der Waals surface area contributed by atoms with E-state index in [1.807, 2.05) is 0 Å². The van der Waals surface area contributed by atoms with E-state index in [0.29, 0.717) is 18.2 Å². The lowest BCUT2D eigenvalue weighted by atomic mass is 10.0. The van der Waals surface area contributed by atoms with Crippen LogP contribution in [0.25, 0.3) is 0 Å². The molecule has 0 saturated carbocycles. The highest BCUT2D eigenvalue weighted by atomic mass is 16.5. The van der Waals surface area contributed by atoms with Crippen LogP contribution in [-0.4, -0.2) is 36.2 Å². The van der Waals surface area contributed by atoms with Crippen molar-refractivity contribution in [3.05, 3.63) is 35.9 Å². The molecular weight excluding hydrogens is 222 g/mol. The van der Waals surface area contributed by atoms with Crippen LogP contribution in [0.15, 0.2) is 30.3 Å². The third-order valence-corrected chi connectivity index (χ3v) is 3.76. The molecule has 1 heterocycles. The number of benzene rings is 1. The summed E-state index contributed by atoms with van der Waals surface area (Å²) in [5, 5.41) is 0. The predicted molar refractivity (Wildman–Crippen MR) is 75.8 cm³/mol. The van der Waals surface area contributed by atoms with E-state index >= 15 is 0 Å². The third kappa shape index (κ3) is 3.82. The average molecular weight is 247 g/mol. The third-order valence-electron chi connectivity index (χ3n) is 3.76. The normalized spacial score (nSPS) is 27.1. The van der Waals surface area contributed by atoms with Gasteiger partial charge in [0.25, 0.3) is 0 Å². The molecule has 2 nitrogen and oxygen atoms in total. The molecule has 2 rings (SSSR count). The van der Waals surface area contributed by atoms with E-state index in [1.165, 1.54) is 18.4 Å². The molecule has 0 aromatic heterocycles. The topological polar surface area (TPSA) is 12.5 Å². The summed E-state index contributed by atoms with van der Waals surface area (Å²) >= 11 is 0. The van der Waals surface area contributed by atoms with Gasteiger partial charge in [0, 0.05) is 19.1 Å². The zero-order valence-electron chi connectivity index (χ0n) is 11.8. The number of nitrogens with zero attached hydrogens (tertiary/aromatic N) is 1. The van der Waals surface area contributed by atoms with Gasteiger partial charge in [-0.05, 0) is 39.2 Å². The summed E-state index contributed by atoms with van der Waals surface area (Å²) in [6, 6.07) is 11.4. The van der Waals surface area contributed by atoms with Crippen LogP contribution in [0.3, 0.4) is 0 Å². The Kier molecular flexibility index (Phi) is 4.79. The molecule has 1 aromatic carbocycles. The van der Waals surface area contributed by atoms with Gasteiger partial charge >= 0.3 is 0 Å². The SMILES string of the molecule is C[C@H](CCc1ccccc1)N1C[C@H](C)O[C@@H](C)C1. The van der Waals surface area contributed by atoms with Crippen molar-refractivity contribution in [2.45, 2.75) is 51.9 Å². The molecule has 1 fully saturated rings. The highest BCUT2D eigenvalue weighted by molar-refractivity contribution is 5.14. The van der Waals surface area contributed by atoms with Crippen LogP contribution in [0.2, 0.25) is 0 Å². The standard InChI is InChI=1S/C16H25NO/c1-13(9-10-16-7-5-4-6-8-16)17-11-14(2)18-15(3)12-17/h4-8,13-15H,9-12H2,1-3H3/t13-,14+,15+/m1/s1. The Morgan fingerprint density at radius 1 is 1.17 bits per heavy atom. The van der Waals surface area contributed by atoms with Crippen LogP contribution in [0.1, 0.15) is 32.8 Å². The summed E-state index contributed by atoms with van der Waals surface area (Å²) in [6.07, 6.45) is 3.13. The zero-order chi connectivity index (χ0) is 13.0. The van der Waals surface area contributed by atoms with Crippen molar-refractivity contribution in [2.75, 3.05) is 13.1 Å². The quantitative estimate of drug-likeness (QED) is 0.810. The minimum absolute atomic E-state index is 0.368. The fourth-order valence-corrected chi connectivity index (χ4v) is 2.78. The first-order chi connectivity index (χ1) is 8.65. The summed E-state index contributed by atoms with van der Waals surface area (Å²) in [6.45, 7) is 8.83. The summed E-state index contributed by atoms with van der Waals surface area (Å²) < 4.78 is 5.79. The van der Waals surface area contributed by atoms with Gasteiger partial charge in [0.1, 0.15) is 0 Å². The molecule has 1 aliphatic heterocycles. The van der Waals surface area contributed by atoms with Gasteiger partial charge in [-0.25, -0.2) is 0 Å². The molecule has 100 valence electrons. The maximum absolute atomic E-state index is 5.79. The minimum atomic E-state index is 0.368. The van der Waals surface area contributed by atoms with E-state index in [2.05, 4.69) is 56.0 Å². The van der Waals surface area contributed by atoms with E-state index in [0.717, 1.165) is 13.1 Å². The van der Waals surface area contributed by atoms with Gasteiger partial charge in [-0.1, -0.05) is 30.3 Å². The van der Waals surface area contributed by atoms with Gasteiger partial charge in [0.05, 0.1) is 12.2 Å². The lowest BCUT2D eigenvalue weighted by Gasteiger charge is -2.39. The molecule has 0 spiro atoms. The van der Waals surface area contributed by atoms with Crippen molar-refractivity contribution >= 4 is 0 Å². The molecule has 0 aliphatic carbocycles. The maximum Gasteiger partial charge on any atom is 0.0678 e. The Morgan fingerprint density at radius 2 is 1.78 bits per heavy atom. The van der Waals surface area contributed by atoms with Crippen LogP contribution in [0.4, 0.5) is 0 Å². The average Bonchev–Trinajstić information content (AvgIpc) is 2.36. The highest BCUT2D eigenvalue weighted by Gasteiger charge is 2.25. The van der Waals surface area contributed by atoms with E-state index in [4.69, 9.17) is 4.74 Å². The molecule has 1 aromatic rings. The Morgan fingerprint density at radius 3 is 2.39 bits per heavy atom. The Balaban J connectivity index is 1.82. The smallest absolute Gasteiger partial charge is 0.0678 e. The summed E-state index contributed by atoms with van der Waals surface area (Å²) in [7, 11) is 0. The molecule has 0 amide bonds. The van der Waals surface area contributed by atoms with Crippen molar-refractivity contribution in [3.8, 4) is 0 Å². The molecule has 2 heteroatoms. The molecule has 0 bridgehead atoms. The van der Waals surface area contributed by atoms with Gasteiger partial charge in [0.15, 0.2) is 0 Å². The van der Waals surface area contributed by atoms with Crippen LogP contribution >= 0.6 is 0 Å². The van der Waals surface area contributed by atoms with Crippen molar-refractivity contribution < 1.29 is 4.74 Å². The Labute approximate surface area is 111 Å². The lowest BCUT2D eigenvalue weighted by molar-refractivity contribution is -0.0790. The van der Waals surface area contributed by atoms with Crippen molar-refractivity contribution in [1.29, 1.82) is 0 Å². The van der Waals surface area contributed by atoms with Crippen molar-refractivity contribution in [1.82, 2.24) is 4.90 Å². The molecular formula is C16H25NO. The van der Waals surface area contributed by atoms with Crippen molar-refractivity contribution in [3.63, 3.8) is 0 Å². The Hall–Kier alpha value is -0.860. The van der Waals surface area contributed by atoms with Gasteiger partial charge in [-0.15, -0.1) is 0 Å². The molecule has 0 unspecified atom stereocenters. The van der Waals surface area contributed by atoms with Crippen LogP contribution in [-0.2, 0) is 11.2 Å². The molecule has 3 atom stereocenters. The minimum Gasteiger partial charge on any atom is -0.373 e. The summed E-state index contributed by atoms with van der Waals surface area (Å²) in [5.41, 5.74) is 1.44. The largest absolute Gasteiger partial charge is 0.373 e. The van der Waals surface area contributed by atoms with Gasteiger partial charge in [-0.3, -0.25) is 4.90 Å². The van der Waals surface area contributed by atoms with Crippen LogP contribution in [0.5, 0.6) is 0 Å². The van der Waals surface area contributed by atoms with Crippen molar-refractivity contribution in [2.24, 2.45) is 0 Å². The zero-order valence-corrected chi connectivity index (χ0v) is 11.8. The van der Waals surface area contributed by atoms with Gasteiger partial charge < -0.3 is 4.74 Å². The number of ether oxygens (including phenoxy) is 1. The first kappa shape index (κ1) is 13.6. The maximum atomic E-state index is 5.79. The van der Waals surface area contributed by atoms with Crippen LogP contribution < -0.4 is 0 Å². The van der Waals surface area contributed by atoms with E-state index < -0.39 is 0 Å².